The van der Waals surface area contributed by atoms with Crippen LogP contribution in [0, 0.1) is 0 Å². The molecule has 0 spiro atoms. The predicted octanol–water partition coefficient (Wildman–Crippen LogP) is 3.20. The van der Waals surface area contributed by atoms with Crippen molar-refractivity contribution in [2.75, 3.05) is 11.9 Å². The van der Waals surface area contributed by atoms with Gasteiger partial charge in [-0.1, -0.05) is 24.3 Å². The van der Waals surface area contributed by atoms with Gasteiger partial charge >= 0.3 is 0 Å². The van der Waals surface area contributed by atoms with E-state index < -0.39 is 6.10 Å². The highest BCUT2D eigenvalue weighted by Crippen LogP contribution is 2.31. The van der Waals surface area contributed by atoms with Crippen molar-refractivity contribution in [1.82, 2.24) is 14.5 Å². The second-order valence-corrected chi connectivity index (χ2v) is 6.37. The van der Waals surface area contributed by atoms with Crippen molar-refractivity contribution in [3.63, 3.8) is 0 Å². The van der Waals surface area contributed by atoms with Gasteiger partial charge < -0.3 is 14.8 Å². The van der Waals surface area contributed by atoms with E-state index in [-0.39, 0.29) is 12.5 Å². The normalized spacial score (nSPS) is 15.4. The fourth-order valence-electron chi connectivity index (χ4n) is 3.14. The van der Waals surface area contributed by atoms with Crippen LogP contribution in [-0.2, 0) is 4.79 Å². The Morgan fingerprint density at radius 2 is 1.96 bits per heavy atom. The minimum absolute atomic E-state index is 0.154. The number of pyridine rings is 1. The number of aromatic nitrogens is 3. The van der Waals surface area contributed by atoms with Gasteiger partial charge in [0, 0.05) is 17.8 Å². The number of rotatable bonds is 3. The molecular weight excluding hydrogens is 356 g/mol. The molecule has 3 heterocycles. The lowest BCUT2D eigenvalue weighted by atomic mass is 10.1. The van der Waals surface area contributed by atoms with Crippen LogP contribution >= 0.6 is 0 Å². The second kappa shape index (κ2) is 6.70. The van der Waals surface area contributed by atoms with Crippen LogP contribution in [0.5, 0.6) is 11.5 Å². The molecule has 4 aromatic rings. The number of amides is 1. The summed E-state index contributed by atoms with van der Waals surface area (Å²) in [6, 6.07) is 16.8. The molecule has 0 fully saturated rings. The Morgan fingerprint density at radius 1 is 1.07 bits per heavy atom. The molecule has 1 aliphatic heterocycles. The Bertz CT molecular complexity index is 1160. The largest absolute Gasteiger partial charge is 0.485 e. The SMILES string of the molecule is O=C(Nc1cccc2ccc(-n3ccnc3)nc12)[C@H]1COc2ccccc2O1. The molecule has 0 unspecified atom stereocenters. The highest BCUT2D eigenvalue weighted by molar-refractivity contribution is 6.02. The van der Waals surface area contributed by atoms with Gasteiger partial charge in [0.2, 0.25) is 6.10 Å². The molecule has 7 heteroatoms. The zero-order valence-electron chi connectivity index (χ0n) is 14.8. The van der Waals surface area contributed by atoms with Crippen LogP contribution in [-0.4, -0.2) is 33.2 Å². The van der Waals surface area contributed by atoms with Crippen molar-refractivity contribution in [3.8, 4) is 17.3 Å². The van der Waals surface area contributed by atoms with Crippen molar-refractivity contribution in [1.29, 1.82) is 0 Å². The average Bonchev–Trinajstić information content (AvgIpc) is 3.28. The minimum Gasteiger partial charge on any atom is -0.485 e. The third-order valence-electron chi connectivity index (χ3n) is 4.53. The van der Waals surface area contributed by atoms with Gasteiger partial charge in [0.25, 0.3) is 5.91 Å². The molecule has 7 nitrogen and oxygen atoms in total. The Hall–Kier alpha value is -3.87. The fourth-order valence-corrected chi connectivity index (χ4v) is 3.14. The first-order chi connectivity index (χ1) is 13.8. The summed E-state index contributed by atoms with van der Waals surface area (Å²) in [5, 5.41) is 3.85. The minimum atomic E-state index is -0.734. The number of para-hydroxylation sites is 3. The van der Waals surface area contributed by atoms with Gasteiger partial charge in [-0.25, -0.2) is 9.97 Å². The molecule has 0 aliphatic carbocycles. The third kappa shape index (κ3) is 2.92. The molecule has 1 N–H and O–H groups in total. The standard InChI is InChI=1S/C21H16N4O3/c26-21(18-12-27-16-6-1-2-7-17(16)28-18)23-15-5-3-4-14-8-9-19(24-20(14)15)25-11-10-22-13-25/h1-11,13,18H,12H2,(H,23,26)/t18-/m1/s1. The molecule has 28 heavy (non-hydrogen) atoms. The van der Waals surface area contributed by atoms with E-state index in [9.17, 15) is 4.79 Å². The van der Waals surface area contributed by atoms with Crippen LogP contribution < -0.4 is 14.8 Å². The summed E-state index contributed by atoms with van der Waals surface area (Å²) < 4.78 is 13.2. The van der Waals surface area contributed by atoms with Gasteiger partial charge in [-0.3, -0.25) is 9.36 Å². The second-order valence-electron chi connectivity index (χ2n) is 6.37. The van der Waals surface area contributed by atoms with Crippen molar-refractivity contribution < 1.29 is 14.3 Å². The van der Waals surface area contributed by atoms with Gasteiger partial charge in [-0.2, -0.15) is 0 Å². The van der Waals surface area contributed by atoms with E-state index in [1.165, 1.54) is 0 Å². The maximum absolute atomic E-state index is 12.8. The fraction of sp³-hybridized carbons (Fsp3) is 0.0952. The van der Waals surface area contributed by atoms with Gasteiger partial charge in [0.05, 0.1) is 11.2 Å². The number of benzene rings is 2. The summed E-state index contributed by atoms with van der Waals surface area (Å²) >= 11 is 0. The van der Waals surface area contributed by atoms with Gasteiger partial charge in [0.15, 0.2) is 11.5 Å². The molecule has 5 rings (SSSR count). The van der Waals surface area contributed by atoms with Crippen LogP contribution in [0.15, 0.2) is 73.3 Å². The van der Waals surface area contributed by atoms with E-state index in [2.05, 4.69) is 15.3 Å². The topological polar surface area (TPSA) is 78.3 Å². The number of imidazole rings is 1. The number of nitrogens with zero attached hydrogens (tertiary/aromatic N) is 3. The number of nitrogens with one attached hydrogen (secondary N) is 1. The number of carbonyl (C=O) groups excluding carboxylic acids is 1. The smallest absolute Gasteiger partial charge is 0.269 e. The van der Waals surface area contributed by atoms with Crippen molar-refractivity contribution in [2.45, 2.75) is 6.10 Å². The van der Waals surface area contributed by atoms with E-state index in [4.69, 9.17) is 9.47 Å². The zero-order valence-corrected chi connectivity index (χ0v) is 14.8. The first-order valence-electron chi connectivity index (χ1n) is 8.85. The lowest BCUT2D eigenvalue weighted by Crippen LogP contribution is -2.40. The molecule has 2 aromatic heterocycles. The predicted molar refractivity (Wildman–Crippen MR) is 104 cm³/mol. The number of carbonyl (C=O) groups is 1. The molecule has 1 aliphatic rings. The quantitative estimate of drug-likeness (QED) is 0.598. The Balaban J connectivity index is 1.43. The Morgan fingerprint density at radius 3 is 2.82 bits per heavy atom. The lowest BCUT2D eigenvalue weighted by molar-refractivity contribution is -0.125. The van der Waals surface area contributed by atoms with Crippen LogP contribution in [0.25, 0.3) is 16.7 Å². The third-order valence-corrected chi connectivity index (χ3v) is 4.53. The molecule has 2 aromatic carbocycles. The summed E-state index contributed by atoms with van der Waals surface area (Å²) in [5.41, 5.74) is 1.31. The summed E-state index contributed by atoms with van der Waals surface area (Å²) in [6.45, 7) is 0.154. The molecule has 0 saturated carbocycles. The molecule has 1 amide bonds. The van der Waals surface area contributed by atoms with E-state index in [0.29, 0.717) is 22.7 Å². The number of hydrogen-bond donors (Lipinski definition) is 1. The number of fused-ring (bicyclic) bond motifs is 2. The summed E-state index contributed by atoms with van der Waals surface area (Å²) in [5.74, 6) is 1.64. The van der Waals surface area contributed by atoms with Crippen LogP contribution in [0.4, 0.5) is 5.69 Å². The Kier molecular flexibility index (Phi) is 3.90. The summed E-state index contributed by atoms with van der Waals surface area (Å²) in [4.78, 5) is 21.5. The first-order valence-corrected chi connectivity index (χ1v) is 8.85. The molecule has 0 saturated heterocycles. The highest BCUT2D eigenvalue weighted by atomic mass is 16.6. The molecule has 0 radical (unpaired) electrons. The van der Waals surface area contributed by atoms with E-state index in [1.54, 1.807) is 18.6 Å². The van der Waals surface area contributed by atoms with E-state index in [0.717, 1.165) is 11.2 Å². The van der Waals surface area contributed by atoms with Crippen LogP contribution in [0.1, 0.15) is 0 Å². The average molecular weight is 372 g/mol. The summed E-state index contributed by atoms with van der Waals surface area (Å²) in [6.07, 6.45) is 4.46. The van der Waals surface area contributed by atoms with Crippen LogP contribution in [0.3, 0.4) is 0 Å². The van der Waals surface area contributed by atoms with E-state index >= 15 is 0 Å². The Labute approximate surface area is 160 Å². The van der Waals surface area contributed by atoms with Gasteiger partial charge in [0.1, 0.15) is 18.8 Å². The molecular formula is C21H16N4O3. The number of hydrogen-bond acceptors (Lipinski definition) is 5. The van der Waals surface area contributed by atoms with Crippen LogP contribution in [0.2, 0.25) is 0 Å². The maximum atomic E-state index is 12.8. The van der Waals surface area contributed by atoms with Gasteiger partial charge in [-0.15, -0.1) is 0 Å². The molecule has 1 atom stereocenters. The molecule has 138 valence electrons. The summed E-state index contributed by atoms with van der Waals surface area (Å²) in [7, 11) is 0. The highest BCUT2D eigenvalue weighted by Gasteiger charge is 2.27. The lowest BCUT2D eigenvalue weighted by Gasteiger charge is -2.25. The van der Waals surface area contributed by atoms with E-state index in [1.807, 2.05) is 59.3 Å². The van der Waals surface area contributed by atoms with Crippen molar-refractivity contribution >= 4 is 22.5 Å². The first kappa shape index (κ1) is 16.3. The van der Waals surface area contributed by atoms with Gasteiger partial charge in [-0.05, 0) is 30.3 Å². The molecule has 0 bridgehead atoms. The monoisotopic (exact) mass is 372 g/mol. The zero-order chi connectivity index (χ0) is 18.9. The van der Waals surface area contributed by atoms with Crippen molar-refractivity contribution in [3.05, 3.63) is 73.3 Å². The maximum Gasteiger partial charge on any atom is 0.269 e. The number of ether oxygens (including phenoxy) is 2. The number of anilines is 1. The van der Waals surface area contributed by atoms with Crippen molar-refractivity contribution in [2.24, 2.45) is 0 Å².